The van der Waals surface area contributed by atoms with E-state index >= 15 is 0 Å². The fourth-order valence-electron chi connectivity index (χ4n) is 8.15. The molecule has 2 atom stereocenters. The second-order valence-electron chi connectivity index (χ2n) is 21.0. The minimum absolute atomic E-state index is 0.0327. The van der Waals surface area contributed by atoms with Crippen molar-refractivity contribution in [3.8, 4) is 0 Å². The van der Waals surface area contributed by atoms with Crippen molar-refractivity contribution in [2.24, 2.45) is 0 Å². The number of quaternary nitrogens is 1. The van der Waals surface area contributed by atoms with E-state index in [4.69, 9.17) is 18.5 Å². The van der Waals surface area contributed by atoms with Crippen molar-refractivity contribution in [2.45, 2.75) is 264 Å². The number of hydrogen-bond acceptors (Lipinski definition) is 8. The average Bonchev–Trinajstić information content (AvgIpc) is 3.34. The molecule has 0 rings (SSSR count). The fraction of sp³-hybridized carbons (Fsp3) is 0.774. The lowest BCUT2D eigenvalue weighted by Gasteiger charge is -2.28. The topological polar surface area (TPSA) is 111 Å². The minimum Gasteiger partial charge on any atom is -0.756 e. The van der Waals surface area contributed by atoms with Gasteiger partial charge in [0.1, 0.15) is 19.8 Å². The van der Waals surface area contributed by atoms with Crippen LogP contribution in [0.25, 0.3) is 0 Å². The molecular weight excluding hydrogens is 918 g/mol. The zero-order valence-electron chi connectivity index (χ0n) is 47.4. The molecule has 0 saturated heterocycles. The number of carbonyl (C=O) groups excluding carboxylic acids is 2. The Hall–Kier alpha value is -2.55. The third-order valence-corrected chi connectivity index (χ3v) is 13.7. The van der Waals surface area contributed by atoms with Gasteiger partial charge in [0.25, 0.3) is 7.82 Å². The second kappa shape index (κ2) is 53.3. The van der Waals surface area contributed by atoms with E-state index in [1.54, 1.807) is 0 Å². The molecule has 0 aliphatic rings. The monoisotopic (exact) mass is 1030 g/mol. The molecule has 0 aromatic rings. The Balaban J connectivity index is 4.10. The predicted octanol–water partition coefficient (Wildman–Crippen LogP) is 17.8. The van der Waals surface area contributed by atoms with Crippen molar-refractivity contribution in [3.05, 3.63) is 72.9 Å². The third-order valence-electron chi connectivity index (χ3n) is 12.7. The highest BCUT2D eigenvalue weighted by atomic mass is 31.2. The molecule has 418 valence electrons. The standard InChI is InChI=1S/C62H112NO8P/c1-6-8-10-12-14-16-18-20-22-24-25-26-27-28-29-30-31-32-33-34-35-36-37-39-41-43-45-47-49-51-53-55-62(65)71-60(59-70-72(66,67)69-57-56-63(3,4)5)58-68-61(64)54-52-50-48-46-44-42-40-38-23-21-19-17-15-13-11-9-7-2/h8,10,14,16,20-23,25-26,28-29,60H,6-7,9,11-13,15,17-19,24,27,30-59H2,1-5H3/b10-8-,16-14-,22-20-,23-21-,26-25-,29-28-. The number of unbranched alkanes of at least 4 members (excludes halogenated alkanes) is 28. The first-order chi connectivity index (χ1) is 35.0. The van der Waals surface area contributed by atoms with Crippen molar-refractivity contribution in [1.29, 1.82) is 0 Å². The van der Waals surface area contributed by atoms with Crippen LogP contribution < -0.4 is 4.89 Å². The Kier molecular flexibility index (Phi) is 51.4. The number of phosphoric acid groups is 1. The summed E-state index contributed by atoms with van der Waals surface area (Å²) in [5.41, 5.74) is 0. The summed E-state index contributed by atoms with van der Waals surface area (Å²) in [6.45, 7) is 4.13. The van der Waals surface area contributed by atoms with E-state index in [0.717, 1.165) is 83.5 Å². The molecule has 2 unspecified atom stereocenters. The van der Waals surface area contributed by atoms with Gasteiger partial charge in [0.15, 0.2) is 6.10 Å². The lowest BCUT2D eigenvalue weighted by Crippen LogP contribution is -2.37. The van der Waals surface area contributed by atoms with Gasteiger partial charge >= 0.3 is 11.9 Å². The van der Waals surface area contributed by atoms with Crippen LogP contribution in [0.1, 0.15) is 258 Å². The molecule has 0 aromatic heterocycles. The Morgan fingerprint density at radius 3 is 1.19 bits per heavy atom. The van der Waals surface area contributed by atoms with Gasteiger partial charge in [-0.25, -0.2) is 0 Å². The first kappa shape index (κ1) is 69.5. The highest BCUT2D eigenvalue weighted by Gasteiger charge is 2.22. The minimum atomic E-state index is -4.64. The number of esters is 2. The van der Waals surface area contributed by atoms with E-state index in [-0.39, 0.29) is 32.0 Å². The molecular formula is C62H112NO8P. The normalized spacial score (nSPS) is 13.8. The van der Waals surface area contributed by atoms with Gasteiger partial charge < -0.3 is 27.9 Å². The fourth-order valence-corrected chi connectivity index (χ4v) is 8.88. The lowest BCUT2D eigenvalue weighted by atomic mass is 10.0. The quantitative estimate of drug-likeness (QED) is 0.0195. The molecule has 72 heavy (non-hydrogen) atoms. The van der Waals surface area contributed by atoms with E-state index < -0.39 is 26.5 Å². The van der Waals surface area contributed by atoms with Crippen LogP contribution in [-0.4, -0.2) is 70.0 Å². The van der Waals surface area contributed by atoms with Crippen molar-refractivity contribution in [1.82, 2.24) is 0 Å². The van der Waals surface area contributed by atoms with Crippen LogP contribution in [0.4, 0.5) is 0 Å². The van der Waals surface area contributed by atoms with Gasteiger partial charge in [-0.1, -0.05) is 234 Å². The Labute approximate surface area is 444 Å². The second-order valence-corrected chi connectivity index (χ2v) is 22.4. The number of ether oxygens (including phenoxy) is 2. The van der Waals surface area contributed by atoms with Crippen molar-refractivity contribution < 1.29 is 42.1 Å². The van der Waals surface area contributed by atoms with Crippen LogP contribution in [-0.2, 0) is 32.7 Å². The molecule has 0 aliphatic carbocycles. The summed E-state index contributed by atoms with van der Waals surface area (Å²) in [6.07, 6.45) is 69.5. The summed E-state index contributed by atoms with van der Waals surface area (Å²) in [4.78, 5) is 37.9. The first-order valence-electron chi connectivity index (χ1n) is 29.6. The molecule has 0 spiro atoms. The van der Waals surface area contributed by atoms with Gasteiger partial charge in [0.05, 0.1) is 27.7 Å². The Morgan fingerprint density at radius 2 is 0.792 bits per heavy atom. The molecule has 0 radical (unpaired) electrons. The van der Waals surface area contributed by atoms with Crippen molar-refractivity contribution >= 4 is 19.8 Å². The largest absolute Gasteiger partial charge is 0.756 e. The summed E-state index contributed by atoms with van der Waals surface area (Å²) >= 11 is 0. The maximum absolute atomic E-state index is 12.8. The molecule has 0 N–H and O–H groups in total. The zero-order valence-corrected chi connectivity index (χ0v) is 48.3. The van der Waals surface area contributed by atoms with E-state index in [9.17, 15) is 19.0 Å². The number of phosphoric ester groups is 1. The molecule has 0 fully saturated rings. The van der Waals surface area contributed by atoms with Crippen molar-refractivity contribution in [3.63, 3.8) is 0 Å². The van der Waals surface area contributed by atoms with Crippen molar-refractivity contribution in [2.75, 3.05) is 47.5 Å². The van der Waals surface area contributed by atoms with Crippen LogP contribution in [0.3, 0.4) is 0 Å². The molecule has 10 heteroatoms. The summed E-state index contributed by atoms with van der Waals surface area (Å²) in [6, 6.07) is 0. The highest BCUT2D eigenvalue weighted by Crippen LogP contribution is 2.38. The maximum atomic E-state index is 12.8. The van der Waals surface area contributed by atoms with Crippen LogP contribution in [0.2, 0.25) is 0 Å². The predicted molar refractivity (Wildman–Crippen MR) is 305 cm³/mol. The zero-order chi connectivity index (χ0) is 52.7. The number of allylic oxidation sites excluding steroid dienone is 12. The summed E-state index contributed by atoms with van der Waals surface area (Å²) < 4.78 is 34.2. The first-order valence-corrected chi connectivity index (χ1v) is 31.1. The summed E-state index contributed by atoms with van der Waals surface area (Å²) in [7, 11) is 1.16. The lowest BCUT2D eigenvalue weighted by molar-refractivity contribution is -0.870. The van der Waals surface area contributed by atoms with Crippen LogP contribution in [0, 0.1) is 0 Å². The van der Waals surface area contributed by atoms with Gasteiger partial charge in [0.2, 0.25) is 0 Å². The van der Waals surface area contributed by atoms with E-state index in [2.05, 4.69) is 86.8 Å². The molecule has 0 aromatic carbocycles. The van der Waals surface area contributed by atoms with E-state index in [1.807, 2.05) is 21.1 Å². The smallest absolute Gasteiger partial charge is 0.306 e. The number of likely N-dealkylation sites (N-methyl/N-ethyl adjacent to an activating group) is 1. The third kappa shape index (κ3) is 56.7. The van der Waals surface area contributed by atoms with Gasteiger partial charge in [-0.3, -0.25) is 14.2 Å². The summed E-state index contributed by atoms with van der Waals surface area (Å²) in [5.74, 6) is -0.833. The van der Waals surface area contributed by atoms with Gasteiger partial charge in [0, 0.05) is 12.8 Å². The molecule has 9 nitrogen and oxygen atoms in total. The number of rotatable bonds is 54. The number of carbonyl (C=O) groups is 2. The maximum Gasteiger partial charge on any atom is 0.306 e. The van der Waals surface area contributed by atoms with Crippen LogP contribution >= 0.6 is 7.82 Å². The average molecular weight is 1030 g/mol. The van der Waals surface area contributed by atoms with Crippen LogP contribution in [0.15, 0.2) is 72.9 Å². The summed E-state index contributed by atoms with van der Waals surface area (Å²) in [5, 5.41) is 0. The Morgan fingerprint density at radius 1 is 0.444 bits per heavy atom. The molecule has 0 bridgehead atoms. The molecule has 0 amide bonds. The number of hydrogen-bond donors (Lipinski definition) is 0. The number of nitrogens with zero attached hydrogens (tertiary/aromatic N) is 1. The highest BCUT2D eigenvalue weighted by molar-refractivity contribution is 7.45. The van der Waals surface area contributed by atoms with Gasteiger partial charge in [-0.05, 0) is 83.5 Å². The molecule has 0 aliphatic heterocycles. The Bertz CT molecular complexity index is 1450. The van der Waals surface area contributed by atoms with E-state index in [1.165, 1.54) is 141 Å². The molecule has 0 heterocycles. The van der Waals surface area contributed by atoms with Gasteiger partial charge in [-0.2, -0.15) is 0 Å². The van der Waals surface area contributed by atoms with Gasteiger partial charge in [-0.15, -0.1) is 0 Å². The SMILES string of the molecule is CC/C=C\C/C=C\C/C=C\C/C=C\C/C=C\CCCCCCCCCCCCCCCCCC(=O)OC(COC(=O)CCCCCCCCC/C=C\CCCCCCCC)COP(=O)([O-])OCC[N+](C)(C)C. The molecule has 0 saturated carbocycles. The van der Waals surface area contributed by atoms with Crippen LogP contribution in [0.5, 0.6) is 0 Å². The van der Waals surface area contributed by atoms with E-state index in [0.29, 0.717) is 17.4 Å².